The predicted octanol–water partition coefficient (Wildman–Crippen LogP) is 3.12. The smallest absolute Gasteiger partial charge is 0.303 e. The standard InChI is InChI=1S/C29H33FN8O4/c1-37-10-12-38(13-11-37)24(17-42-2)28(41)35-23-5-3-4-20-21(15-32-27(20)23)26-22(30)16-33-29(36-26)34-19-8-9-31-18(14-19)6-7-25(39)40/h3-5,8-9,14-16,24,32H,6-7,10-13,17H2,1-2H3,(H,35,41)(H,39,40)(H,31,33,34,36). The van der Waals surface area contributed by atoms with Crippen LogP contribution in [0.25, 0.3) is 22.2 Å². The molecule has 4 N–H and O–H groups in total. The van der Waals surface area contributed by atoms with Crippen molar-refractivity contribution in [3.8, 4) is 11.3 Å². The number of methoxy groups -OCH3 is 1. The lowest BCUT2D eigenvalue weighted by Crippen LogP contribution is -2.54. The van der Waals surface area contributed by atoms with Gasteiger partial charge in [0.1, 0.15) is 11.7 Å². The van der Waals surface area contributed by atoms with Crippen molar-refractivity contribution in [1.82, 2.24) is 29.7 Å². The van der Waals surface area contributed by atoms with Crippen LogP contribution in [0, 0.1) is 5.82 Å². The number of anilines is 3. The maximum Gasteiger partial charge on any atom is 0.303 e. The zero-order valence-corrected chi connectivity index (χ0v) is 23.4. The molecular weight excluding hydrogens is 543 g/mol. The Bertz CT molecular complexity index is 1570. The number of aliphatic carboxylic acids is 1. The number of H-pyrrole nitrogens is 1. The number of para-hydroxylation sites is 1. The second-order valence-electron chi connectivity index (χ2n) is 10.2. The predicted molar refractivity (Wildman–Crippen MR) is 156 cm³/mol. The molecule has 0 spiro atoms. The summed E-state index contributed by atoms with van der Waals surface area (Å²) in [5.41, 5.74) is 2.98. The van der Waals surface area contributed by atoms with Gasteiger partial charge < -0.3 is 30.4 Å². The monoisotopic (exact) mass is 576 g/mol. The molecule has 4 heterocycles. The van der Waals surface area contributed by atoms with Gasteiger partial charge in [0.15, 0.2) is 5.82 Å². The van der Waals surface area contributed by atoms with Crippen LogP contribution < -0.4 is 10.6 Å². The molecule has 1 aliphatic rings. The Hall–Kier alpha value is -4.46. The fourth-order valence-corrected chi connectivity index (χ4v) is 4.98. The molecule has 1 amide bonds. The summed E-state index contributed by atoms with van der Waals surface area (Å²) >= 11 is 0. The summed E-state index contributed by atoms with van der Waals surface area (Å²) in [6.45, 7) is 3.54. The first-order valence-electron chi connectivity index (χ1n) is 13.6. The number of carboxylic acid groups (broad SMARTS) is 1. The summed E-state index contributed by atoms with van der Waals surface area (Å²) in [4.78, 5) is 44.5. The number of nitrogens with one attached hydrogen (secondary N) is 3. The van der Waals surface area contributed by atoms with E-state index in [-0.39, 0.29) is 37.0 Å². The number of benzene rings is 1. The largest absolute Gasteiger partial charge is 0.481 e. The van der Waals surface area contributed by atoms with Gasteiger partial charge >= 0.3 is 5.97 Å². The third-order valence-electron chi connectivity index (χ3n) is 7.25. The number of carbonyl (C=O) groups is 2. The van der Waals surface area contributed by atoms with Crippen molar-refractivity contribution in [2.45, 2.75) is 18.9 Å². The molecule has 0 bridgehead atoms. The van der Waals surface area contributed by atoms with E-state index in [0.717, 1.165) is 32.4 Å². The first-order valence-corrected chi connectivity index (χ1v) is 13.6. The van der Waals surface area contributed by atoms with Crippen LogP contribution in [0.2, 0.25) is 0 Å². The van der Waals surface area contributed by atoms with E-state index in [1.54, 1.807) is 43.8 Å². The number of aryl methyl sites for hydroxylation is 1. The highest BCUT2D eigenvalue weighted by atomic mass is 19.1. The third kappa shape index (κ3) is 6.70. The maximum atomic E-state index is 15.0. The molecule has 1 atom stereocenters. The van der Waals surface area contributed by atoms with Gasteiger partial charge in [0, 0.05) is 74.4 Å². The van der Waals surface area contributed by atoms with Crippen molar-refractivity contribution in [2.75, 3.05) is 57.6 Å². The Morgan fingerprint density at radius 1 is 1.19 bits per heavy atom. The molecule has 42 heavy (non-hydrogen) atoms. The van der Waals surface area contributed by atoms with Gasteiger partial charge in [0.2, 0.25) is 11.9 Å². The molecule has 0 radical (unpaired) electrons. The van der Waals surface area contributed by atoms with Crippen molar-refractivity contribution < 1.29 is 23.8 Å². The lowest BCUT2D eigenvalue weighted by Gasteiger charge is -2.36. The summed E-state index contributed by atoms with van der Waals surface area (Å²) in [6.07, 6.45) is 4.53. The molecule has 1 aromatic carbocycles. The van der Waals surface area contributed by atoms with Gasteiger partial charge in [0.25, 0.3) is 0 Å². The molecule has 1 aliphatic heterocycles. The lowest BCUT2D eigenvalue weighted by molar-refractivity contribution is -0.137. The van der Waals surface area contributed by atoms with Gasteiger partial charge in [-0.15, -0.1) is 0 Å². The summed E-state index contributed by atoms with van der Waals surface area (Å²) in [6, 6.07) is 8.37. The minimum Gasteiger partial charge on any atom is -0.481 e. The molecule has 1 fully saturated rings. The van der Waals surface area contributed by atoms with Crippen molar-refractivity contribution >= 4 is 40.1 Å². The molecule has 0 aliphatic carbocycles. The molecule has 220 valence electrons. The number of nitrogens with zero attached hydrogens (tertiary/aromatic N) is 5. The third-order valence-corrected chi connectivity index (χ3v) is 7.25. The molecule has 12 nitrogen and oxygen atoms in total. The number of likely N-dealkylation sites (N-methyl/N-ethyl adjacent to an activating group) is 1. The summed E-state index contributed by atoms with van der Waals surface area (Å²) in [5, 5.41) is 15.7. The van der Waals surface area contributed by atoms with Crippen molar-refractivity contribution in [3.63, 3.8) is 0 Å². The molecule has 3 aromatic heterocycles. The highest BCUT2D eigenvalue weighted by Gasteiger charge is 2.29. The van der Waals surface area contributed by atoms with Crippen LogP contribution in [0.15, 0.2) is 48.9 Å². The van der Waals surface area contributed by atoms with Gasteiger partial charge in [-0.25, -0.2) is 14.4 Å². The molecular formula is C29H33FN8O4. The highest BCUT2D eigenvalue weighted by molar-refractivity contribution is 6.06. The number of hydrogen-bond donors (Lipinski definition) is 4. The fraction of sp³-hybridized carbons (Fsp3) is 0.345. The average molecular weight is 577 g/mol. The minimum atomic E-state index is -0.909. The topological polar surface area (TPSA) is 149 Å². The van der Waals surface area contributed by atoms with Gasteiger partial charge in [0.05, 0.1) is 30.4 Å². The average Bonchev–Trinajstić information content (AvgIpc) is 3.41. The Morgan fingerprint density at radius 2 is 2.00 bits per heavy atom. The summed E-state index contributed by atoms with van der Waals surface area (Å²) in [5.74, 6) is -1.53. The molecule has 13 heteroatoms. The minimum absolute atomic E-state index is 0.0421. The summed E-state index contributed by atoms with van der Waals surface area (Å²) in [7, 11) is 3.65. The van der Waals surface area contributed by atoms with Crippen LogP contribution in [0.3, 0.4) is 0 Å². The normalized spacial score (nSPS) is 15.0. The van der Waals surface area contributed by atoms with E-state index in [4.69, 9.17) is 9.84 Å². The number of aromatic nitrogens is 4. The number of carbonyl (C=O) groups excluding carboxylic acids is 1. The number of amides is 1. The van der Waals surface area contributed by atoms with Crippen LogP contribution in [0.1, 0.15) is 12.1 Å². The number of aromatic amines is 1. The molecule has 1 unspecified atom stereocenters. The number of ether oxygens (including phenoxy) is 1. The van der Waals surface area contributed by atoms with E-state index in [9.17, 15) is 9.59 Å². The highest BCUT2D eigenvalue weighted by Crippen LogP contribution is 2.33. The maximum absolute atomic E-state index is 15.0. The van der Waals surface area contributed by atoms with E-state index in [1.165, 1.54) is 0 Å². The Balaban J connectivity index is 1.37. The zero-order valence-electron chi connectivity index (χ0n) is 23.4. The number of fused-ring (bicyclic) bond motifs is 1. The Morgan fingerprint density at radius 3 is 2.76 bits per heavy atom. The van der Waals surface area contributed by atoms with E-state index < -0.39 is 17.8 Å². The molecule has 4 aromatic rings. The van der Waals surface area contributed by atoms with Crippen LogP contribution in [0.5, 0.6) is 0 Å². The van der Waals surface area contributed by atoms with E-state index in [1.807, 2.05) is 6.07 Å². The zero-order chi connectivity index (χ0) is 29.6. The van der Waals surface area contributed by atoms with Gasteiger partial charge in [-0.3, -0.25) is 19.5 Å². The van der Waals surface area contributed by atoms with E-state index >= 15 is 4.39 Å². The quantitative estimate of drug-likeness (QED) is 0.210. The summed E-state index contributed by atoms with van der Waals surface area (Å²) < 4.78 is 20.4. The Kier molecular flexibility index (Phi) is 9.00. The van der Waals surface area contributed by atoms with Crippen LogP contribution >= 0.6 is 0 Å². The van der Waals surface area contributed by atoms with Crippen molar-refractivity contribution in [2.24, 2.45) is 0 Å². The number of carboxylic acids is 1. The van der Waals surface area contributed by atoms with Crippen LogP contribution in [-0.4, -0.2) is 99.7 Å². The number of halogens is 1. The van der Waals surface area contributed by atoms with E-state index in [0.29, 0.717) is 33.5 Å². The first-order chi connectivity index (χ1) is 20.3. The van der Waals surface area contributed by atoms with E-state index in [2.05, 4.69) is 47.4 Å². The van der Waals surface area contributed by atoms with Crippen LogP contribution in [0.4, 0.5) is 21.7 Å². The lowest BCUT2D eigenvalue weighted by atomic mass is 10.1. The Labute approximate surface area is 241 Å². The second-order valence-corrected chi connectivity index (χ2v) is 10.2. The fourth-order valence-electron chi connectivity index (χ4n) is 4.98. The van der Waals surface area contributed by atoms with Crippen molar-refractivity contribution in [3.05, 3.63) is 60.4 Å². The number of pyridine rings is 1. The van der Waals surface area contributed by atoms with Crippen LogP contribution in [-0.2, 0) is 20.7 Å². The number of hydrogen-bond acceptors (Lipinski definition) is 9. The van der Waals surface area contributed by atoms with Gasteiger partial charge in [-0.1, -0.05) is 12.1 Å². The second kappa shape index (κ2) is 13.0. The SMILES string of the molecule is COCC(C(=O)Nc1cccc2c(-c3nc(Nc4ccnc(CCC(=O)O)c4)ncc3F)c[nH]c12)N1CCN(C)CC1. The first kappa shape index (κ1) is 29.0. The van der Waals surface area contributed by atoms with Crippen molar-refractivity contribution in [1.29, 1.82) is 0 Å². The van der Waals surface area contributed by atoms with Gasteiger partial charge in [-0.05, 0) is 25.2 Å². The molecule has 5 rings (SSSR count). The number of rotatable bonds is 11. The van der Waals surface area contributed by atoms with Gasteiger partial charge in [-0.2, -0.15) is 0 Å². The molecule has 1 saturated heterocycles. The molecule has 0 saturated carbocycles. The number of piperazine rings is 1.